The topological polar surface area (TPSA) is 38.5 Å². The van der Waals surface area contributed by atoms with Crippen molar-refractivity contribution >= 4 is 0 Å². The summed E-state index contributed by atoms with van der Waals surface area (Å²) in [5.74, 6) is 2.30. The Balaban J connectivity index is 2.02. The lowest BCUT2D eigenvalue weighted by Gasteiger charge is -2.54. The molecule has 1 aliphatic carbocycles. The van der Waals surface area contributed by atoms with Gasteiger partial charge in [-0.15, -0.1) is 0 Å². The Hall–Kier alpha value is -0.120. The minimum absolute atomic E-state index is 0.274. The van der Waals surface area contributed by atoms with Crippen LogP contribution in [0.1, 0.15) is 46.0 Å². The van der Waals surface area contributed by atoms with E-state index in [1.165, 1.54) is 45.2 Å². The van der Waals surface area contributed by atoms with Crippen LogP contribution in [-0.4, -0.2) is 43.8 Å². The van der Waals surface area contributed by atoms with Gasteiger partial charge < -0.3 is 10.5 Å². The summed E-state index contributed by atoms with van der Waals surface area (Å²) in [6.45, 7) is 9.01. The van der Waals surface area contributed by atoms with Crippen LogP contribution in [0.5, 0.6) is 0 Å². The zero-order chi connectivity index (χ0) is 13.9. The number of nitrogens with zero attached hydrogens (tertiary/aromatic N) is 1. The van der Waals surface area contributed by atoms with E-state index in [1.54, 1.807) is 0 Å². The molecular formula is C16H32N2O. The van der Waals surface area contributed by atoms with E-state index in [0.29, 0.717) is 0 Å². The zero-order valence-electron chi connectivity index (χ0n) is 13.0. The van der Waals surface area contributed by atoms with E-state index in [0.717, 1.165) is 30.9 Å². The molecule has 3 unspecified atom stereocenters. The second-order valence-electron chi connectivity index (χ2n) is 6.85. The van der Waals surface area contributed by atoms with E-state index in [-0.39, 0.29) is 5.54 Å². The van der Waals surface area contributed by atoms with Gasteiger partial charge in [-0.1, -0.05) is 26.7 Å². The first-order chi connectivity index (χ1) is 9.14. The molecule has 3 heteroatoms. The van der Waals surface area contributed by atoms with Gasteiger partial charge >= 0.3 is 0 Å². The summed E-state index contributed by atoms with van der Waals surface area (Å²) in [6, 6.07) is 0. The van der Waals surface area contributed by atoms with E-state index >= 15 is 0 Å². The number of hydrogen-bond donors (Lipinski definition) is 1. The molecule has 112 valence electrons. The molecular weight excluding hydrogens is 236 g/mol. The summed E-state index contributed by atoms with van der Waals surface area (Å²) in [7, 11) is 1.82. The van der Waals surface area contributed by atoms with Crippen LogP contribution in [0.4, 0.5) is 0 Å². The van der Waals surface area contributed by atoms with Crippen molar-refractivity contribution in [3.05, 3.63) is 0 Å². The Morgan fingerprint density at radius 3 is 2.47 bits per heavy atom. The molecule has 19 heavy (non-hydrogen) atoms. The molecule has 0 aromatic rings. The Bertz CT molecular complexity index is 276. The molecule has 1 aliphatic heterocycles. The lowest BCUT2D eigenvalue weighted by atomic mass is 9.66. The van der Waals surface area contributed by atoms with E-state index < -0.39 is 0 Å². The average Bonchev–Trinajstić information content (AvgIpc) is 2.44. The highest BCUT2D eigenvalue weighted by Gasteiger charge is 2.45. The van der Waals surface area contributed by atoms with Gasteiger partial charge in [-0.05, 0) is 50.1 Å². The fourth-order valence-corrected chi connectivity index (χ4v) is 4.38. The van der Waals surface area contributed by atoms with Crippen LogP contribution in [0.25, 0.3) is 0 Å². The summed E-state index contributed by atoms with van der Waals surface area (Å²) >= 11 is 0. The highest BCUT2D eigenvalue weighted by molar-refractivity contribution is 5.01. The van der Waals surface area contributed by atoms with Crippen molar-refractivity contribution in [3.63, 3.8) is 0 Å². The molecule has 0 amide bonds. The third-order valence-electron chi connectivity index (χ3n) is 5.97. The lowest BCUT2D eigenvalue weighted by Crippen LogP contribution is -2.62. The van der Waals surface area contributed by atoms with Crippen molar-refractivity contribution < 1.29 is 4.74 Å². The van der Waals surface area contributed by atoms with Crippen LogP contribution in [0, 0.1) is 17.8 Å². The first-order valence-electron chi connectivity index (χ1n) is 8.08. The van der Waals surface area contributed by atoms with Gasteiger partial charge in [-0.25, -0.2) is 0 Å². The van der Waals surface area contributed by atoms with Gasteiger partial charge in [-0.3, -0.25) is 4.90 Å². The fourth-order valence-electron chi connectivity index (χ4n) is 4.38. The Morgan fingerprint density at radius 1 is 1.21 bits per heavy atom. The van der Waals surface area contributed by atoms with Gasteiger partial charge in [0.05, 0.1) is 0 Å². The van der Waals surface area contributed by atoms with Crippen LogP contribution in [-0.2, 0) is 4.74 Å². The Labute approximate surface area is 118 Å². The highest BCUT2D eigenvalue weighted by Crippen LogP contribution is 2.42. The first-order valence-corrected chi connectivity index (χ1v) is 8.08. The third-order valence-corrected chi connectivity index (χ3v) is 5.97. The van der Waals surface area contributed by atoms with Crippen molar-refractivity contribution in [1.29, 1.82) is 0 Å². The average molecular weight is 268 g/mol. The van der Waals surface area contributed by atoms with Crippen molar-refractivity contribution in [2.24, 2.45) is 23.5 Å². The molecule has 1 saturated carbocycles. The molecule has 2 fully saturated rings. The number of likely N-dealkylation sites (tertiary alicyclic amines) is 1. The number of ether oxygens (including phenoxy) is 1. The minimum Gasteiger partial charge on any atom is -0.384 e. The van der Waals surface area contributed by atoms with Gasteiger partial charge in [0.1, 0.15) is 0 Å². The Morgan fingerprint density at radius 2 is 1.89 bits per heavy atom. The van der Waals surface area contributed by atoms with Gasteiger partial charge in [0.25, 0.3) is 0 Å². The molecule has 2 N–H and O–H groups in total. The first kappa shape index (κ1) is 15.3. The van der Waals surface area contributed by atoms with E-state index in [1.807, 2.05) is 7.11 Å². The van der Waals surface area contributed by atoms with Gasteiger partial charge in [0.15, 0.2) is 0 Å². The van der Waals surface area contributed by atoms with Crippen molar-refractivity contribution in [3.8, 4) is 0 Å². The third kappa shape index (κ3) is 2.98. The van der Waals surface area contributed by atoms with E-state index in [9.17, 15) is 0 Å². The predicted molar refractivity (Wildman–Crippen MR) is 80.1 cm³/mol. The molecule has 2 rings (SSSR count). The van der Waals surface area contributed by atoms with E-state index in [2.05, 4.69) is 18.7 Å². The molecule has 0 spiro atoms. The number of methoxy groups -OCH3 is 1. The molecule has 2 aliphatic rings. The summed E-state index contributed by atoms with van der Waals surface area (Å²) in [4.78, 5) is 2.72. The fraction of sp³-hybridized carbons (Fsp3) is 1.00. The standard InChI is InChI=1S/C16H32N2O/c1-13-5-4-8-16(12-17,14(13)2)18-9-6-15(7-10-18)11-19-3/h13-15H,4-12,17H2,1-3H3. The molecule has 0 aromatic heterocycles. The SMILES string of the molecule is COCC1CCN(C2(CN)CCCC(C)C2C)CC1. The maximum Gasteiger partial charge on any atom is 0.0491 e. The largest absolute Gasteiger partial charge is 0.384 e. The quantitative estimate of drug-likeness (QED) is 0.851. The Kier molecular flexibility index (Phi) is 5.27. The van der Waals surface area contributed by atoms with Gasteiger partial charge in [-0.2, -0.15) is 0 Å². The second kappa shape index (κ2) is 6.55. The van der Waals surface area contributed by atoms with Crippen molar-refractivity contribution in [2.75, 3.05) is 33.4 Å². The molecule has 0 radical (unpaired) electrons. The molecule has 1 saturated heterocycles. The number of hydrogen-bond acceptors (Lipinski definition) is 3. The van der Waals surface area contributed by atoms with Crippen LogP contribution in [0.2, 0.25) is 0 Å². The number of piperidine rings is 1. The van der Waals surface area contributed by atoms with Crippen LogP contribution in [0.15, 0.2) is 0 Å². The van der Waals surface area contributed by atoms with Gasteiger partial charge in [0.2, 0.25) is 0 Å². The molecule has 1 heterocycles. The minimum atomic E-state index is 0.274. The maximum atomic E-state index is 6.25. The normalized spacial score (nSPS) is 38.5. The van der Waals surface area contributed by atoms with Crippen LogP contribution in [0.3, 0.4) is 0 Å². The highest BCUT2D eigenvalue weighted by atomic mass is 16.5. The van der Waals surface area contributed by atoms with Crippen LogP contribution < -0.4 is 5.73 Å². The van der Waals surface area contributed by atoms with Crippen molar-refractivity contribution in [1.82, 2.24) is 4.90 Å². The summed E-state index contributed by atoms with van der Waals surface area (Å²) < 4.78 is 5.31. The summed E-state index contributed by atoms with van der Waals surface area (Å²) in [5, 5.41) is 0. The van der Waals surface area contributed by atoms with E-state index in [4.69, 9.17) is 10.5 Å². The van der Waals surface area contributed by atoms with Crippen LogP contribution >= 0.6 is 0 Å². The maximum absolute atomic E-state index is 6.25. The smallest absolute Gasteiger partial charge is 0.0491 e. The summed E-state index contributed by atoms with van der Waals surface area (Å²) in [5.41, 5.74) is 6.52. The molecule has 3 atom stereocenters. The van der Waals surface area contributed by atoms with Crippen molar-refractivity contribution in [2.45, 2.75) is 51.5 Å². The summed E-state index contributed by atoms with van der Waals surface area (Å²) in [6.07, 6.45) is 6.57. The predicted octanol–water partition coefficient (Wildman–Crippen LogP) is 2.50. The van der Waals surface area contributed by atoms with Gasteiger partial charge in [0, 0.05) is 25.8 Å². The number of rotatable bonds is 4. The lowest BCUT2D eigenvalue weighted by molar-refractivity contribution is -0.0358. The second-order valence-corrected chi connectivity index (χ2v) is 6.85. The zero-order valence-corrected chi connectivity index (χ0v) is 13.0. The molecule has 0 aromatic carbocycles. The monoisotopic (exact) mass is 268 g/mol. The number of nitrogens with two attached hydrogens (primary N) is 1. The molecule has 0 bridgehead atoms. The molecule has 3 nitrogen and oxygen atoms in total.